The number of fused-ring (bicyclic) bond motifs is 1. The second-order valence-corrected chi connectivity index (χ2v) is 11.1. The van der Waals surface area contributed by atoms with Crippen molar-refractivity contribution in [3.63, 3.8) is 0 Å². The predicted molar refractivity (Wildman–Crippen MR) is 167 cm³/mol. The zero-order chi connectivity index (χ0) is 29.8. The van der Waals surface area contributed by atoms with E-state index in [1.807, 2.05) is 91.0 Å². The van der Waals surface area contributed by atoms with Gasteiger partial charge in [-0.15, -0.1) is 0 Å². The number of amides is 3. The van der Waals surface area contributed by atoms with Gasteiger partial charge in [-0.3, -0.25) is 19.6 Å². The number of hydrogen-bond donors (Lipinski definition) is 0. The van der Waals surface area contributed by atoms with Crippen molar-refractivity contribution >= 4 is 28.9 Å². The highest BCUT2D eigenvalue weighted by atomic mass is 16.5. The van der Waals surface area contributed by atoms with E-state index >= 15 is 0 Å². The van der Waals surface area contributed by atoms with Crippen molar-refractivity contribution in [2.75, 3.05) is 33.9 Å². The monoisotopic (exact) mass is 576 g/mol. The number of carbonyl (C=O) groups is 2. The van der Waals surface area contributed by atoms with Gasteiger partial charge in [-0.25, -0.2) is 4.79 Å². The van der Waals surface area contributed by atoms with Gasteiger partial charge in [-0.1, -0.05) is 66.7 Å². The van der Waals surface area contributed by atoms with Gasteiger partial charge in [-0.2, -0.15) is 0 Å². The van der Waals surface area contributed by atoms with E-state index in [2.05, 4.69) is 9.88 Å². The number of hydrogen-bond acceptors (Lipinski definition) is 6. The number of imide groups is 1. The maximum Gasteiger partial charge on any atom is 0.328 e. The van der Waals surface area contributed by atoms with Crippen LogP contribution in [0, 0.1) is 0 Å². The fourth-order valence-corrected chi connectivity index (χ4v) is 6.27. The van der Waals surface area contributed by atoms with E-state index in [4.69, 9.17) is 9.47 Å². The predicted octanol–water partition coefficient (Wildman–Crippen LogP) is 5.76. The summed E-state index contributed by atoms with van der Waals surface area (Å²) in [6.07, 6.45) is 6.72. The minimum absolute atomic E-state index is 0.119. The third-order valence-corrected chi connectivity index (χ3v) is 8.56. The number of para-hydroxylation sites is 1. The molecule has 0 saturated carbocycles. The average Bonchev–Trinajstić information content (AvgIpc) is 3.23. The number of urea groups is 1. The number of carbonyl (C=O) groups excluding carboxylic acids is 2. The van der Waals surface area contributed by atoms with Crippen LogP contribution in [0.15, 0.2) is 91.1 Å². The van der Waals surface area contributed by atoms with Crippen LogP contribution in [0.2, 0.25) is 0 Å². The Balaban J connectivity index is 1.26. The molecule has 0 radical (unpaired) electrons. The molecule has 8 nitrogen and oxygen atoms in total. The summed E-state index contributed by atoms with van der Waals surface area (Å²) in [5.41, 5.74) is 2.99. The molecule has 0 unspecified atom stereocenters. The largest absolute Gasteiger partial charge is 0.497 e. The van der Waals surface area contributed by atoms with Crippen molar-refractivity contribution in [2.45, 2.75) is 31.5 Å². The summed E-state index contributed by atoms with van der Waals surface area (Å²) in [7, 11) is 3.29. The minimum Gasteiger partial charge on any atom is -0.497 e. The number of methoxy groups -OCH3 is 2. The van der Waals surface area contributed by atoms with E-state index in [1.165, 1.54) is 4.90 Å². The summed E-state index contributed by atoms with van der Waals surface area (Å²) < 4.78 is 10.9. The smallest absolute Gasteiger partial charge is 0.328 e. The molecule has 0 N–H and O–H groups in total. The molecule has 3 heterocycles. The third kappa shape index (κ3) is 5.70. The fraction of sp³-hybridized carbons (Fsp3) is 0.286. The molecule has 2 fully saturated rings. The van der Waals surface area contributed by atoms with E-state index in [0.29, 0.717) is 39.0 Å². The normalized spacial score (nSPS) is 17.0. The highest BCUT2D eigenvalue weighted by molar-refractivity contribution is 6.07. The van der Waals surface area contributed by atoms with Gasteiger partial charge in [0.05, 0.1) is 26.3 Å². The summed E-state index contributed by atoms with van der Waals surface area (Å²) in [4.78, 5) is 38.4. The maximum atomic E-state index is 14.2. The maximum absolute atomic E-state index is 14.2. The van der Waals surface area contributed by atoms with Crippen LogP contribution in [0.5, 0.6) is 11.5 Å². The molecule has 6 rings (SSSR count). The van der Waals surface area contributed by atoms with Crippen LogP contribution in [0.25, 0.3) is 17.0 Å². The molecular weight excluding hydrogens is 540 g/mol. The first-order chi connectivity index (χ1) is 21.0. The van der Waals surface area contributed by atoms with Crippen molar-refractivity contribution in [1.29, 1.82) is 0 Å². The molecule has 3 aromatic carbocycles. The molecule has 0 aliphatic carbocycles. The van der Waals surface area contributed by atoms with Crippen LogP contribution in [0.3, 0.4) is 0 Å². The van der Waals surface area contributed by atoms with Crippen molar-refractivity contribution in [3.8, 4) is 11.5 Å². The summed E-state index contributed by atoms with van der Waals surface area (Å²) >= 11 is 0. The van der Waals surface area contributed by atoms with E-state index in [9.17, 15) is 9.59 Å². The van der Waals surface area contributed by atoms with Crippen LogP contribution >= 0.6 is 0 Å². The zero-order valence-corrected chi connectivity index (χ0v) is 24.6. The number of nitrogens with zero attached hydrogens (tertiary/aromatic N) is 4. The fourth-order valence-electron chi connectivity index (χ4n) is 6.27. The van der Waals surface area contributed by atoms with Crippen molar-refractivity contribution in [2.24, 2.45) is 0 Å². The van der Waals surface area contributed by atoms with Crippen LogP contribution in [0.4, 0.5) is 4.79 Å². The number of pyridine rings is 1. The molecule has 2 saturated heterocycles. The van der Waals surface area contributed by atoms with E-state index < -0.39 is 5.54 Å². The topological polar surface area (TPSA) is 75.2 Å². The minimum atomic E-state index is -0.906. The first kappa shape index (κ1) is 28.4. The van der Waals surface area contributed by atoms with Gasteiger partial charge < -0.3 is 14.4 Å². The molecular formula is C35H36N4O4. The number of aromatic nitrogens is 1. The van der Waals surface area contributed by atoms with Crippen molar-refractivity contribution in [1.82, 2.24) is 19.7 Å². The Hall–Kier alpha value is -4.69. The molecule has 1 aromatic heterocycles. The Kier molecular flexibility index (Phi) is 8.11. The molecule has 2 aliphatic rings. The van der Waals surface area contributed by atoms with Crippen molar-refractivity contribution in [3.05, 3.63) is 108 Å². The molecule has 2 aliphatic heterocycles. The van der Waals surface area contributed by atoms with Crippen LogP contribution in [0.1, 0.15) is 29.5 Å². The Morgan fingerprint density at radius 1 is 0.860 bits per heavy atom. The zero-order valence-electron chi connectivity index (χ0n) is 24.6. The van der Waals surface area contributed by atoms with Crippen molar-refractivity contribution < 1.29 is 19.1 Å². The Morgan fingerprint density at radius 2 is 1.58 bits per heavy atom. The molecule has 3 amide bonds. The molecule has 220 valence electrons. The van der Waals surface area contributed by atoms with E-state index in [1.54, 1.807) is 25.3 Å². The first-order valence-corrected chi connectivity index (χ1v) is 14.6. The quantitative estimate of drug-likeness (QED) is 0.236. The number of likely N-dealkylation sites (tertiary alicyclic amines) is 1. The summed E-state index contributed by atoms with van der Waals surface area (Å²) in [6.45, 7) is 2.60. The SMILES string of the molecule is COc1cc(CN2CCC3(CC2)C(=O)N(C/C=C/c2ccccc2)C(=O)N3Cc2cccc3cccnc23)cc(OC)c1. The van der Waals surface area contributed by atoms with Gasteiger partial charge in [0.15, 0.2) is 0 Å². The standard InChI is InChI=1S/C35H36N4O4/c1-42-30-21-27(22-31(23-30)43-2)24-37-19-15-35(16-20-37)33(40)38(18-8-11-26-9-4-3-5-10-26)34(41)39(35)25-29-13-6-12-28-14-7-17-36-32(28)29/h3-14,17,21-23H,15-16,18-20,24-25H2,1-2H3/b11-8+. The van der Waals surface area contributed by atoms with E-state index in [-0.39, 0.29) is 18.5 Å². The second kappa shape index (κ2) is 12.3. The van der Waals surface area contributed by atoms with Gasteiger partial charge in [-0.05, 0) is 47.7 Å². The number of ether oxygens (including phenoxy) is 2. The lowest BCUT2D eigenvalue weighted by Gasteiger charge is -2.42. The lowest BCUT2D eigenvalue weighted by molar-refractivity contribution is -0.135. The number of benzene rings is 3. The van der Waals surface area contributed by atoms with Crippen LogP contribution in [-0.2, 0) is 17.9 Å². The molecule has 8 heteroatoms. The Labute approximate surface area is 252 Å². The Morgan fingerprint density at radius 3 is 2.30 bits per heavy atom. The van der Waals surface area contributed by atoms with Crippen LogP contribution < -0.4 is 9.47 Å². The van der Waals surface area contributed by atoms with Gasteiger partial charge >= 0.3 is 6.03 Å². The van der Waals surface area contributed by atoms with Crippen LogP contribution in [-0.4, -0.2) is 71.0 Å². The molecule has 43 heavy (non-hydrogen) atoms. The second-order valence-electron chi connectivity index (χ2n) is 11.1. The number of piperidine rings is 1. The molecule has 4 aromatic rings. The molecule has 0 atom stereocenters. The molecule has 0 bridgehead atoms. The third-order valence-electron chi connectivity index (χ3n) is 8.56. The lowest BCUT2D eigenvalue weighted by atomic mass is 9.85. The Bertz CT molecular complexity index is 1620. The average molecular weight is 577 g/mol. The van der Waals surface area contributed by atoms with E-state index in [0.717, 1.165) is 39.1 Å². The summed E-state index contributed by atoms with van der Waals surface area (Å²) in [6, 6.07) is 25.5. The van der Waals surface area contributed by atoms with Gasteiger partial charge in [0, 0.05) is 43.8 Å². The summed E-state index contributed by atoms with van der Waals surface area (Å²) in [5, 5.41) is 1.01. The lowest BCUT2D eigenvalue weighted by Crippen LogP contribution is -2.56. The van der Waals surface area contributed by atoms with Gasteiger partial charge in [0.25, 0.3) is 5.91 Å². The first-order valence-electron chi connectivity index (χ1n) is 14.6. The van der Waals surface area contributed by atoms with Gasteiger partial charge in [0.2, 0.25) is 0 Å². The highest BCUT2D eigenvalue weighted by Crippen LogP contribution is 2.39. The van der Waals surface area contributed by atoms with Gasteiger partial charge in [0.1, 0.15) is 17.0 Å². The summed E-state index contributed by atoms with van der Waals surface area (Å²) in [5.74, 6) is 1.37. The number of rotatable bonds is 9. The molecule has 1 spiro atoms. The highest BCUT2D eigenvalue weighted by Gasteiger charge is 2.57.